The number of carbonyl (C=O) groups is 1. The average molecular weight is 222 g/mol. The molecule has 0 aliphatic heterocycles. The van der Waals surface area contributed by atoms with Gasteiger partial charge in [-0.15, -0.1) is 0 Å². The summed E-state index contributed by atoms with van der Waals surface area (Å²) in [6, 6.07) is 1.81. The average Bonchev–Trinajstić information content (AvgIpc) is 2.31. The minimum atomic E-state index is -0.346. The van der Waals surface area contributed by atoms with Crippen LogP contribution in [0, 0.1) is 6.92 Å². The fraction of sp³-hybridized carbons (Fsp3) is 0.500. The van der Waals surface area contributed by atoms with Crippen molar-refractivity contribution in [3.8, 4) is 0 Å². The minimum absolute atomic E-state index is 0.346. The van der Waals surface area contributed by atoms with E-state index in [1.54, 1.807) is 6.20 Å². The highest BCUT2D eigenvalue weighted by atomic mass is 16.5. The Morgan fingerprint density at radius 3 is 2.50 bits per heavy atom. The second-order valence-corrected chi connectivity index (χ2v) is 3.53. The van der Waals surface area contributed by atoms with Gasteiger partial charge in [-0.25, -0.2) is 9.78 Å². The van der Waals surface area contributed by atoms with Crippen molar-refractivity contribution in [2.45, 2.75) is 20.8 Å². The number of hydrogen-bond acceptors (Lipinski definition) is 4. The van der Waals surface area contributed by atoms with E-state index in [0.29, 0.717) is 5.56 Å². The maximum absolute atomic E-state index is 11.3. The Morgan fingerprint density at radius 1 is 1.44 bits per heavy atom. The largest absolute Gasteiger partial charge is 0.465 e. The van der Waals surface area contributed by atoms with Crippen molar-refractivity contribution in [3.63, 3.8) is 0 Å². The lowest BCUT2D eigenvalue weighted by molar-refractivity contribution is 0.0600. The first-order chi connectivity index (χ1) is 7.63. The molecule has 16 heavy (non-hydrogen) atoms. The van der Waals surface area contributed by atoms with Crippen molar-refractivity contribution in [1.29, 1.82) is 0 Å². The third-order valence-corrected chi connectivity index (χ3v) is 2.53. The zero-order valence-electron chi connectivity index (χ0n) is 10.3. The van der Waals surface area contributed by atoms with Crippen LogP contribution >= 0.6 is 0 Å². The summed E-state index contributed by atoms with van der Waals surface area (Å²) in [6.45, 7) is 7.93. The number of rotatable bonds is 4. The molecule has 1 aromatic heterocycles. The number of methoxy groups -OCH3 is 1. The third kappa shape index (κ3) is 2.51. The molecule has 0 aliphatic carbocycles. The second kappa shape index (κ2) is 5.49. The van der Waals surface area contributed by atoms with E-state index in [-0.39, 0.29) is 5.97 Å². The number of esters is 1. The van der Waals surface area contributed by atoms with E-state index in [1.807, 2.05) is 13.0 Å². The minimum Gasteiger partial charge on any atom is -0.465 e. The van der Waals surface area contributed by atoms with Crippen molar-refractivity contribution in [2.24, 2.45) is 0 Å². The number of anilines is 1. The van der Waals surface area contributed by atoms with Crippen LogP contribution in [0.15, 0.2) is 12.3 Å². The maximum atomic E-state index is 11.3. The molecule has 0 amide bonds. The van der Waals surface area contributed by atoms with Gasteiger partial charge in [0.1, 0.15) is 5.82 Å². The number of ether oxygens (including phenoxy) is 1. The van der Waals surface area contributed by atoms with Crippen molar-refractivity contribution in [3.05, 3.63) is 23.4 Å². The molecule has 0 aromatic carbocycles. The molecule has 1 rings (SSSR count). The van der Waals surface area contributed by atoms with Crippen molar-refractivity contribution in [2.75, 3.05) is 25.1 Å². The summed E-state index contributed by atoms with van der Waals surface area (Å²) in [5, 5.41) is 0. The molecule has 4 nitrogen and oxygen atoms in total. The van der Waals surface area contributed by atoms with Crippen molar-refractivity contribution in [1.82, 2.24) is 4.98 Å². The fourth-order valence-electron chi connectivity index (χ4n) is 1.65. The van der Waals surface area contributed by atoms with Gasteiger partial charge in [0, 0.05) is 19.3 Å². The summed E-state index contributed by atoms with van der Waals surface area (Å²) in [7, 11) is 1.37. The lowest BCUT2D eigenvalue weighted by Crippen LogP contribution is -2.24. The molecule has 88 valence electrons. The van der Waals surface area contributed by atoms with Gasteiger partial charge in [-0.2, -0.15) is 0 Å². The molecule has 0 aliphatic rings. The molecule has 0 fully saturated rings. The van der Waals surface area contributed by atoms with Crippen molar-refractivity contribution >= 4 is 11.8 Å². The molecule has 0 saturated carbocycles. The van der Waals surface area contributed by atoms with Gasteiger partial charge < -0.3 is 9.64 Å². The van der Waals surface area contributed by atoms with Gasteiger partial charge >= 0.3 is 5.97 Å². The second-order valence-electron chi connectivity index (χ2n) is 3.53. The van der Waals surface area contributed by atoms with Crippen LogP contribution in [0.5, 0.6) is 0 Å². The molecule has 1 aromatic rings. The number of aryl methyl sites for hydroxylation is 1. The lowest BCUT2D eigenvalue weighted by Gasteiger charge is -2.21. The van der Waals surface area contributed by atoms with Gasteiger partial charge in [-0.1, -0.05) is 0 Å². The molecule has 0 unspecified atom stereocenters. The normalized spacial score (nSPS) is 10.0. The van der Waals surface area contributed by atoms with Gasteiger partial charge in [0.05, 0.1) is 12.7 Å². The van der Waals surface area contributed by atoms with E-state index in [2.05, 4.69) is 28.5 Å². The van der Waals surface area contributed by atoms with E-state index in [1.165, 1.54) is 7.11 Å². The first-order valence-electron chi connectivity index (χ1n) is 5.43. The Morgan fingerprint density at radius 2 is 2.06 bits per heavy atom. The molecule has 0 atom stereocenters. The number of carbonyl (C=O) groups excluding carboxylic acids is 1. The van der Waals surface area contributed by atoms with Gasteiger partial charge in [-0.05, 0) is 32.4 Å². The molecule has 0 spiro atoms. The van der Waals surface area contributed by atoms with Crippen molar-refractivity contribution < 1.29 is 9.53 Å². The highest BCUT2D eigenvalue weighted by molar-refractivity contribution is 5.89. The summed E-state index contributed by atoms with van der Waals surface area (Å²) in [5.74, 6) is 0.583. The zero-order chi connectivity index (χ0) is 12.1. The summed E-state index contributed by atoms with van der Waals surface area (Å²) in [5.41, 5.74) is 1.49. The topological polar surface area (TPSA) is 42.4 Å². The Bertz CT molecular complexity index is 373. The predicted octanol–water partition coefficient (Wildman–Crippen LogP) is 2.02. The summed E-state index contributed by atoms with van der Waals surface area (Å²) in [6.07, 6.45) is 1.56. The van der Waals surface area contributed by atoms with Crippen LogP contribution in [0.25, 0.3) is 0 Å². The third-order valence-electron chi connectivity index (χ3n) is 2.53. The summed E-state index contributed by atoms with van der Waals surface area (Å²) in [4.78, 5) is 17.8. The van der Waals surface area contributed by atoms with Gasteiger partial charge in [0.15, 0.2) is 0 Å². The quantitative estimate of drug-likeness (QED) is 0.731. The van der Waals surface area contributed by atoms with Gasteiger partial charge in [0.2, 0.25) is 0 Å². The molecular weight excluding hydrogens is 204 g/mol. The van der Waals surface area contributed by atoms with E-state index >= 15 is 0 Å². The van der Waals surface area contributed by atoms with E-state index in [9.17, 15) is 4.79 Å². The van der Waals surface area contributed by atoms with E-state index in [0.717, 1.165) is 24.5 Å². The Labute approximate surface area is 96.2 Å². The first kappa shape index (κ1) is 12.5. The zero-order valence-corrected chi connectivity index (χ0v) is 10.3. The monoisotopic (exact) mass is 222 g/mol. The standard InChI is InChI=1S/C12H18N2O2/c1-5-14(6-2)11-9(3)7-10(8-13-11)12(15)16-4/h7-8H,5-6H2,1-4H3. The molecule has 1 heterocycles. The van der Waals surface area contributed by atoms with Crippen LogP contribution in [-0.4, -0.2) is 31.2 Å². The lowest BCUT2D eigenvalue weighted by atomic mass is 10.2. The Balaban J connectivity index is 3.04. The van der Waals surface area contributed by atoms with E-state index in [4.69, 9.17) is 0 Å². The van der Waals surface area contributed by atoms with Crippen LogP contribution in [0.2, 0.25) is 0 Å². The van der Waals surface area contributed by atoms with Gasteiger partial charge in [0.25, 0.3) is 0 Å². The maximum Gasteiger partial charge on any atom is 0.339 e. The SMILES string of the molecule is CCN(CC)c1ncc(C(=O)OC)cc1C. The van der Waals surface area contributed by atoms with Crippen LogP contribution in [0.1, 0.15) is 29.8 Å². The molecule has 0 radical (unpaired) electrons. The summed E-state index contributed by atoms with van der Waals surface area (Å²) >= 11 is 0. The van der Waals surface area contributed by atoms with Crippen LogP contribution in [0.4, 0.5) is 5.82 Å². The van der Waals surface area contributed by atoms with Crippen LogP contribution < -0.4 is 4.90 Å². The van der Waals surface area contributed by atoms with Crippen LogP contribution in [0.3, 0.4) is 0 Å². The van der Waals surface area contributed by atoms with Crippen LogP contribution in [-0.2, 0) is 4.74 Å². The Kier molecular flexibility index (Phi) is 4.28. The molecular formula is C12H18N2O2. The van der Waals surface area contributed by atoms with E-state index < -0.39 is 0 Å². The molecule has 0 bridgehead atoms. The highest BCUT2D eigenvalue weighted by Gasteiger charge is 2.11. The number of pyridine rings is 1. The Hall–Kier alpha value is -1.58. The fourth-order valence-corrected chi connectivity index (χ4v) is 1.65. The highest BCUT2D eigenvalue weighted by Crippen LogP contribution is 2.17. The molecule has 0 saturated heterocycles. The molecule has 0 N–H and O–H groups in total. The van der Waals surface area contributed by atoms with Gasteiger partial charge in [-0.3, -0.25) is 0 Å². The predicted molar refractivity (Wildman–Crippen MR) is 63.9 cm³/mol. The number of nitrogens with zero attached hydrogens (tertiary/aromatic N) is 2. The first-order valence-corrected chi connectivity index (χ1v) is 5.43. The summed E-state index contributed by atoms with van der Waals surface area (Å²) < 4.78 is 4.65. The number of aromatic nitrogens is 1. The smallest absolute Gasteiger partial charge is 0.339 e. The molecule has 4 heteroatoms. The number of hydrogen-bond donors (Lipinski definition) is 0.